The fourth-order valence-electron chi connectivity index (χ4n) is 3.73. The summed E-state index contributed by atoms with van der Waals surface area (Å²) in [6.07, 6.45) is 1.49. The molecular formula is C23H17N3O4S. The molecule has 0 unspecified atom stereocenters. The summed E-state index contributed by atoms with van der Waals surface area (Å²) >= 11 is 1.39. The first kappa shape index (κ1) is 19.2. The van der Waals surface area contributed by atoms with Gasteiger partial charge in [-0.15, -0.1) is 0 Å². The number of anilines is 1. The van der Waals surface area contributed by atoms with Crippen molar-refractivity contribution in [2.75, 3.05) is 5.32 Å². The summed E-state index contributed by atoms with van der Waals surface area (Å²) in [5.74, 6) is -0.729. The molecule has 3 heterocycles. The SMILES string of the molecule is Cc1cc(C)c2nc(NC(=O)c3ccc4c(c3)C(=O)N(Cc3ccco3)C4=O)sc2c1. The number of furan rings is 1. The Labute approximate surface area is 181 Å². The molecule has 0 radical (unpaired) electrons. The molecule has 0 fully saturated rings. The van der Waals surface area contributed by atoms with Crippen molar-refractivity contribution in [3.05, 3.63) is 82.3 Å². The first-order valence-electron chi connectivity index (χ1n) is 9.62. The maximum Gasteiger partial charge on any atom is 0.261 e. The second kappa shape index (κ2) is 7.17. The molecule has 0 aliphatic carbocycles. The molecule has 8 heteroatoms. The minimum absolute atomic E-state index is 0.0470. The van der Waals surface area contributed by atoms with Gasteiger partial charge < -0.3 is 4.42 Å². The molecule has 0 atom stereocenters. The zero-order valence-corrected chi connectivity index (χ0v) is 17.6. The van der Waals surface area contributed by atoms with Crippen LogP contribution in [0.5, 0.6) is 0 Å². The van der Waals surface area contributed by atoms with E-state index in [2.05, 4.69) is 10.3 Å². The number of rotatable bonds is 4. The number of aromatic nitrogens is 1. The van der Waals surface area contributed by atoms with E-state index in [-0.39, 0.29) is 29.1 Å². The van der Waals surface area contributed by atoms with Crippen LogP contribution in [-0.4, -0.2) is 27.6 Å². The number of hydrogen-bond donors (Lipinski definition) is 1. The number of thiazole rings is 1. The summed E-state index contributed by atoms with van der Waals surface area (Å²) in [7, 11) is 0. The van der Waals surface area contributed by atoms with E-state index in [0.29, 0.717) is 10.9 Å². The second-order valence-electron chi connectivity index (χ2n) is 7.44. The Bertz CT molecular complexity index is 1370. The van der Waals surface area contributed by atoms with Gasteiger partial charge in [0.2, 0.25) is 0 Å². The van der Waals surface area contributed by atoms with E-state index in [1.54, 1.807) is 18.2 Å². The van der Waals surface area contributed by atoms with Crippen LogP contribution in [0.25, 0.3) is 10.2 Å². The Kier molecular flexibility index (Phi) is 4.44. The fourth-order valence-corrected chi connectivity index (χ4v) is 4.76. The minimum Gasteiger partial charge on any atom is -0.467 e. The van der Waals surface area contributed by atoms with Crippen molar-refractivity contribution in [1.82, 2.24) is 9.88 Å². The van der Waals surface area contributed by atoms with Gasteiger partial charge in [-0.05, 0) is 61.4 Å². The van der Waals surface area contributed by atoms with Crippen LogP contribution in [0.4, 0.5) is 5.13 Å². The number of imide groups is 1. The van der Waals surface area contributed by atoms with E-state index in [1.807, 2.05) is 26.0 Å². The molecule has 0 saturated heterocycles. The lowest BCUT2D eigenvalue weighted by molar-refractivity contribution is 0.0631. The number of amides is 3. The Balaban J connectivity index is 1.40. The monoisotopic (exact) mass is 431 g/mol. The highest BCUT2D eigenvalue weighted by Crippen LogP contribution is 2.30. The quantitative estimate of drug-likeness (QED) is 0.479. The van der Waals surface area contributed by atoms with E-state index >= 15 is 0 Å². The van der Waals surface area contributed by atoms with E-state index in [0.717, 1.165) is 26.2 Å². The number of carbonyl (C=O) groups is 3. The van der Waals surface area contributed by atoms with Crippen molar-refractivity contribution in [2.45, 2.75) is 20.4 Å². The lowest BCUT2D eigenvalue weighted by Gasteiger charge is -2.11. The predicted octanol–water partition coefficient (Wildman–Crippen LogP) is 4.55. The van der Waals surface area contributed by atoms with Gasteiger partial charge in [-0.25, -0.2) is 4.98 Å². The van der Waals surface area contributed by atoms with Crippen LogP contribution in [0.3, 0.4) is 0 Å². The summed E-state index contributed by atoms with van der Waals surface area (Å²) in [4.78, 5) is 43.8. The number of hydrogen-bond acceptors (Lipinski definition) is 6. The third kappa shape index (κ3) is 3.30. The number of benzene rings is 2. The number of fused-ring (bicyclic) bond motifs is 2. The molecular weight excluding hydrogens is 414 g/mol. The van der Waals surface area contributed by atoms with E-state index in [9.17, 15) is 14.4 Å². The predicted molar refractivity (Wildman–Crippen MR) is 116 cm³/mol. The van der Waals surface area contributed by atoms with Crippen molar-refractivity contribution >= 4 is 44.4 Å². The maximum atomic E-state index is 12.8. The molecule has 5 rings (SSSR count). The average Bonchev–Trinajstić information content (AvgIpc) is 3.44. The Morgan fingerprint density at radius 2 is 1.90 bits per heavy atom. The van der Waals surface area contributed by atoms with Crippen LogP contribution in [0.15, 0.2) is 53.1 Å². The Hall–Kier alpha value is -3.78. The standard InChI is InChI=1S/C23H17N3O4S/c1-12-8-13(2)19-18(9-12)31-23(24-19)25-20(27)14-5-6-16-17(10-14)22(29)26(21(16)28)11-15-4-3-7-30-15/h3-10H,11H2,1-2H3,(H,24,25,27). The number of aryl methyl sites for hydroxylation is 2. The van der Waals surface area contributed by atoms with Gasteiger partial charge in [0.05, 0.1) is 34.2 Å². The smallest absolute Gasteiger partial charge is 0.261 e. The molecule has 7 nitrogen and oxygen atoms in total. The number of carbonyl (C=O) groups excluding carboxylic acids is 3. The highest BCUT2D eigenvalue weighted by Gasteiger charge is 2.36. The van der Waals surface area contributed by atoms with Crippen molar-refractivity contribution in [2.24, 2.45) is 0 Å². The van der Waals surface area contributed by atoms with Gasteiger partial charge in [-0.1, -0.05) is 17.4 Å². The van der Waals surface area contributed by atoms with Crippen molar-refractivity contribution < 1.29 is 18.8 Å². The summed E-state index contributed by atoms with van der Waals surface area (Å²) in [6, 6.07) is 12.0. The molecule has 2 aromatic carbocycles. The third-order valence-corrected chi connectivity index (χ3v) is 6.10. The Morgan fingerprint density at radius 3 is 2.68 bits per heavy atom. The van der Waals surface area contributed by atoms with Gasteiger partial charge in [-0.3, -0.25) is 24.6 Å². The summed E-state index contributed by atoms with van der Waals surface area (Å²) in [5.41, 5.74) is 3.80. The largest absolute Gasteiger partial charge is 0.467 e. The molecule has 31 heavy (non-hydrogen) atoms. The zero-order valence-electron chi connectivity index (χ0n) is 16.8. The van der Waals surface area contributed by atoms with Crippen LogP contribution in [0, 0.1) is 13.8 Å². The summed E-state index contributed by atoms with van der Waals surface area (Å²) < 4.78 is 6.24. The molecule has 2 aromatic heterocycles. The number of nitrogens with one attached hydrogen (secondary N) is 1. The molecule has 154 valence electrons. The van der Waals surface area contributed by atoms with Gasteiger partial charge in [0.25, 0.3) is 17.7 Å². The zero-order chi connectivity index (χ0) is 21.7. The molecule has 3 amide bonds. The van der Waals surface area contributed by atoms with E-state index < -0.39 is 11.8 Å². The number of nitrogens with zero attached hydrogens (tertiary/aromatic N) is 2. The van der Waals surface area contributed by atoms with E-state index in [4.69, 9.17) is 4.42 Å². The van der Waals surface area contributed by atoms with Crippen molar-refractivity contribution in [3.8, 4) is 0 Å². The highest BCUT2D eigenvalue weighted by atomic mass is 32.1. The molecule has 4 aromatic rings. The van der Waals surface area contributed by atoms with Gasteiger partial charge in [0.1, 0.15) is 5.76 Å². The summed E-state index contributed by atoms with van der Waals surface area (Å²) in [5, 5.41) is 3.29. The lowest BCUT2D eigenvalue weighted by atomic mass is 10.1. The first-order valence-corrected chi connectivity index (χ1v) is 10.4. The molecule has 0 spiro atoms. The van der Waals surface area contributed by atoms with Crippen LogP contribution < -0.4 is 5.32 Å². The van der Waals surface area contributed by atoms with Crippen LogP contribution in [0.2, 0.25) is 0 Å². The van der Waals surface area contributed by atoms with Gasteiger partial charge in [0, 0.05) is 5.56 Å². The molecule has 1 aliphatic heterocycles. The normalized spacial score (nSPS) is 13.2. The van der Waals surface area contributed by atoms with E-state index in [1.165, 1.54) is 29.7 Å². The van der Waals surface area contributed by atoms with Crippen molar-refractivity contribution in [3.63, 3.8) is 0 Å². The second-order valence-corrected chi connectivity index (χ2v) is 8.47. The lowest BCUT2D eigenvalue weighted by Crippen LogP contribution is -2.28. The molecule has 0 saturated carbocycles. The third-order valence-electron chi connectivity index (χ3n) is 5.18. The van der Waals surface area contributed by atoms with Crippen LogP contribution >= 0.6 is 11.3 Å². The van der Waals surface area contributed by atoms with Crippen LogP contribution in [0.1, 0.15) is 48.0 Å². The van der Waals surface area contributed by atoms with Crippen molar-refractivity contribution in [1.29, 1.82) is 0 Å². The molecule has 1 aliphatic rings. The van der Waals surface area contributed by atoms with Gasteiger partial charge in [-0.2, -0.15) is 0 Å². The molecule has 0 bridgehead atoms. The minimum atomic E-state index is -0.447. The fraction of sp³-hybridized carbons (Fsp3) is 0.130. The highest BCUT2D eigenvalue weighted by molar-refractivity contribution is 7.22. The van der Waals surface area contributed by atoms with Gasteiger partial charge in [0.15, 0.2) is 5.13 Å². The molecule has 1 N–H and O–H groups in total. The topological polar surface area (TPSA) is 92.5 Å². The Morgan fingerprint density at radius 1 is 1.10 bits per heavy atom. The average molecular weight is 431 g/mol. The van der Waals surface area contributed by atoms with Gasteiger partial charge >= 0.3 is 0 Å². The van der Waals surface area contributed by atoms with Crippen LogP contribution in [-0.2, 0) is 6.54 Å². The first-order chi connectivity index (χ1) is 14.9. The summed E-state index contributed by atoms with van der Waals surface area (Å²) in [6.45, 7) is 4.05. The maximum absolute atomic E-state index is 12.8.